The van der Waals surface area contributed by atoms with Crippen molar-refractivity contribution in [2.45, 2.75) is 70.7 Å². The van der Waals surface area contributed by atoms with Crippen LogP contribution in [0.2, 0.25) is 0 Å². The maximum atomic E-state index is 14.5. The summed E-state index contributed by atoms with van der Waals surface area (Å²) < 4.78 is 46.0. The van der Waals surface area contributed by atoms with Crippen LogP contribution in [0.5, 0.6) is 5.75 Å². The van der Waals surface area contributed by atoms with Crippen molar-refractivity contribution >= 4 is 12.6 Å². The third-order valence-electron chi connectivity index (χ3n) is 5.18. The largest absolute Gasteiger partial charge is 0.497 e. The minimum Gasteiger partial charge on any atom is -0.487 e. The molecule has 0 bridgehead atoms. The van der Waals surface area contributed by atoms with E-state index in [9.17, 15) is 8.78 Å². The van der Waals surface area contributed by atoms with Crippen molar-refractivity contribution in [2.24, 2.45) is 0 Å². The maximum absolute atomic E-state index is 14.5. The van der Waals surface area contributed by atoms with E-state index in [4.69, 9.17) is 14.0 Å². The van der Waals surface area contributed by atoms with Crippen molar-refractivity contribution in [3.63, 3.8) is 0 Å². The van der Waals surface area contributed by atoms with Crippen molar-refractivity contribution in [3.8, 4) is 5.75 Å². The molecule has 0 atom stereocenters. The summed E-state index contributed by atoms with van der Waals surface area (Å²) in [6.07, 6.45) is 3.90. The van der Waals surface area contributed by atoms with Gasteiger partial charge in [-0.25, -0.2) is 4.39 Å². The second-order valence-corrected chi connectivity index (χ2v) is 7.39. The van der Waals surface area contributed by atoms with Crippen LogP contribution >= 0.6 is 0 Å². The van der Waals surface area contributed by atoms with E-state index in [0.717, 1.165) is 25.7 Å². The van der Waals surface area contributed by atoms with Gasteiger partial charge in [0.15, 0.2) is 17.4 Å². The molecule has 0 spiro atoms. The number of benzene rings is 1. The molecular weight excluding hydrogens is 301 g/mol. The van der Waals surface area contributed by atoms with Gasteiger partial charge in [-0.2, -0.15) is 4.39 Å². The molecule has 6 heteroatoms. The fourth-order valence-electron chi connectivity index (χ4n) is 2.98. The fourth-order valence-corrected chi connectivity index (χ4v) is 2.98. The average Bonchev–Trinajstić information content (AvgIpc) is 3.02. The van der Waals surface area contributed by atoms with Crippen LogP contribution in [0.4, 0.5) is 8.78 Å². The molecule has 1 saturated carbocycles. The van der Waals surface area contributed by atoms with Gasteiger partial charge < -0.3 is 14.0 Å². The summed E-state index contributed by atoms with van der Waals surface area (Å²) in [5.74, 6) is -1.96. The van der Waals surface area contributed by atoms with Crippen LogP contribution in [0.15, 0.2) is 12.1 Å². The predicted molar refractivity (Wildman–Crippen MR) is 85.0 cm³/mol. The first kappa shape index (κ1) is 16.7. The van der Waals surface area contributed by atoms with E-state index in [1.54, 1.807) is 0 Å². The summed E-state index contributed by atoms with van der Waals surface area (Å²) in [7, 11) is -0.921. The van der Waals surface area contributed by atoms with Gasteiger partial charge in [-0.15, -0.1) is 0 Å². The Labute approximate surface area is 136 Å². The lowest BCUT2D eigenvalue weighted by atomic mass is 9.78. The van der Waals surface area contributed by atoms with Gasteiger partial charge in [0.05, 0.1) is 17.3 Å². The van der Waals surface area contributed by atoms with Crippen molar-refractivity contribution in [1.82, 2.24) is 0 Å². The highest BCUT2D eigenvalue weighted by Crippen LogP contribution is 2.37. The van der Waals surface area contributed by atoms with Crippen molar-refractivity contribution in [3.05, 3.63) is 23.8 Å². The smallest absolute Gasteiger partial charge is 0.487 e. The molecule has 2 fully saturated rings. The molecule has 1 saturated heterocycles. The van der Waals surface area contributed by atoms with E-state index in [-0.39, 0.29) is 17.3 Å². The molecule has 1 heterocycles. The Hall–Kier alpha value is -1.14. The molecule has 0 radical (unpaired) electrons. The highest BCUT2D eigenvalue weighted by molar-refractivity contribution is 6.62. The Morgan fingerprint density at radius 2 is 1.57 bits per heavy atom. The first-order chi connectivity index (χ1) is 10.7. The summed E-state index contributed by atoms with van der Waals surface area (Å²) >= 11 is 0. The number of ether oxygens (including phenoxy) is 1. The van der Waals surface area contributed by atoms with Crippen molar-refractivity contribution in [2.75, 3.05) is 0 Å². The van der Waals surface area contributed by atoms with Crippen LogP contribution in [0, 0.1) is 11.6 Å². The summed E-state index contributed by atoms with van der Waals surface area (Å²) in [4.78, 5) is 0. The molecule has 0 N–H and O–H groups in total. The molecule has 2 aliphatic rings. The van der Waals surface area contributed by atoms with Gasteiger partial charge in [0.1, 0.15) is 0 Å². The van der Waals surface area contributed by atoms with E-state index < -0.39 is 30.0 Å². The van der Waals surface area contributed by atoms with Crippen LogP contribution in [0.1, 0.15) is 53.4 Å². The first-order valence-corrected chi connectivity index (χ1v) is 8.21. The van der Waals surface area contributed by atoms with Crippen LogP contribution in [0.3, 0.4) is 0 Å². The Morgan fingerprint density at radius 1 is 1.00 bits per heavy atom. The lowest BCUT2D eigenvalue weighted by Gasteiger charge is -2.32. The Balaban J connectivity index is 1.83. The van der Waals surface area contributed by atoms with E-state index >= 15 is 0 Å². The van der Waals surface area contributed by atoms with Crippen LogP contribution in [-0.4, -0.2) is 24.4 Å². The molecule has 23 heavy (non-hydrogen) atoms. The molecule has 1 aromatic rings. The van der Waals surface area contributed by atoms with Gasteiger partial charge in [-0.1, -0.05) is 6.07 Å². The lowest BCUT2D eigenvalue weighted by Crippen LogP contribution is -2.41. The average molecular weight is 324 g/mol. The van der Waals surface area contributed by atoms with E-state index in [0.29, 0.717) is 0 Å². The molecule has 126 valence electrons. The van der Waals surface area contributed by atoms with E-state index in [2.05, 4.69) is 0 Å². The molecule has 3 rings (SSSR count). The minimum absolute atomic E-state index is 0.0217. The highest BCUT2D eigenvalue weighted by atomic mass is 19.2. The Morgan fingerprint density at radius 3 is 2.13 bits per heavy atom. The third-order valence-corrected chi connectivity index (χ3v) is 5.18. The van der Waals surface area contributed by atoms with Crippen LogP contribution in [-0.2, 0) is 9.31 Å². The molecular formula is C17H23BF2O3. The third kappa shape index (κ3) is 2.99. The SMILES string of the molecule is CC1(C)OB(c2ccc(OC3CCCC3)c(F)c2F)OC1(C)C. The second kappa shape index (κ2) is 5.74. The standard InChI is InChI=1S/C17H23BF2O3/c1-16(2)17(3,4)23-18(22-16)12-9-10-13(15(20)14(12)19)21-11-7-5-6-8-11/h9-11H,5-8H2,1-4H3. The van der Waals surface area contributed by atoms with Gasteiger partial charge in [-0.3, -0.25) is 0 Å². The van der Waals surface area contributed by atoms with Gasteiger partial charge >= 0.3 is 7.12 Å². The monoisotopic (exact) mass is 324 g/mol. The Bertz CT molecular complexity index is 582. The molecule has 1 aliphatic carbocycles. The van der Waals surface area contributed by atoms with E-state index in [1.165, 1.54) is 12.1 Å². The van der Waals surface area contributed by atoms with Crippen LogP contribution in [0.25, 0.3) is 0 Å². The molecule has 0 amide bonds. The number of hydrogen-bond acceptors (Lipinski definition) is 3. The summed E-state index contributed by atoms with van der Waals surface area (Å²) in [6.45, 7) is 7.50. The second-order valence-electron chi connectivity index (χ2n) is 7.39. The van der Waals surface area contributed by atoms with Crippen molar-refractivity contribution < 1.29 is 22.8 Å². The fraction of sp³-hybridized carbons (Fsp3) is 0.647. The van der Waals surface area contributed by atoms with Gasteiger partial charge in [0, 0.05) is 5.46 Å². The molecule has 3 nitrogen and oxygen atoms in total. The zero-order valence-electron chi connectivity index (χ0n) is 14.1. The number of rotatable bonds is 3. The lowest BCUT2D eigenvalue weighted by molar-refractivity contribution is 0.00578. The van der Waals surface area contributed by atoms with Gasteiger partial charge in [0.2, 0.25) is 0 Å². The van der Waals surface area contributed by atoms with Crippen LogP contribution < -0.4 is 10.2 Å². The minimum atomic E-state index is -0.968. The summed E-state index contributed by atoms with van der Waals surface area (Å²) in [5, 5.41) is 0. The zero-order chi connectivity index (χ0) is 16.8. The topological polar surface area (TPSA) is 27.7 Å². The zero-order valence-corrected chi connectivity index (χ0v) is 14.1. The summed E-state index contributed by atoms with van der Waals surface area (Å²) in [6, 6.07) is 2.96. The Kier molecular flexibility index (Phi) is 4.17. The number of halogens is 2. The first-order valence-electron chi connectivity index (χ1n) is 8.21. The molecule has 1 aliphatic heterocycles. The molecule has 1 aromatic carbocycles. The van der Waals surface area contributed by atoms with Crippen molar-refractivity contribution in [1.29, 1.82) is 0 Å². The molecule has 0 aromatic heterocycles. The van der Waals surface area contributed by atoms with E-state index in [1.807, 2.05) is 27.7 Å². The highest BCUT2D eigenvalue weighted by Gasteiger charge is 2.52. The normalized spacial score (nSPS) is 23.5. The molecule has 0 unspecified atom stereocenters. The number of hydrogen-bond donors (Lipinski definition) is 0. The van der Waals surface area contributed by atoms with Gasteiger partial charge in [-0.05, 0) is 59.4 Å². The maximum Gasteiger partial charge on any atom is 0.497 e. The predicted octanol–water partition coefficient (Wildman–Crippen LogP) is 3.59. The summed E-state index contributed by atoms with van der Waals surface area (Å²) in [5.41, 5.74) is -1.13. The van der Waals surface area contributed by atoms with Gasteiger partial charge in [0.25, 0.3) is 0 Å². The quantitative estimate of drug-likeness (QED) is 0.796.